The molecule has 21 heavy (non-hydrogen) atoms. The number of nitrogens with one attached hydrogen (secondary N) is 1. The highest BCUT2D eigenvalue weighted by Gasteiger charge is 2.30. The number of benzene rings is 1. The van der Waals surface area contributed by atoms with Crippen LogP contribution in [0, 0.1) is 0 Å². The van der Waals surface area contributed by atoms with E-state index in [1.165, 1.54) is 50.1 Å². The smallest absolute Gasteiger partial charge is 0.0473 e. The molecule has 2 saturated heterocycles. The Morgan fingerprint density at radius 2 is 2.10 bits per heavy atom. The van der Waals surface area contributed by atoms with E-state index in [0.717, 1.165) is 11.8 Å². The van der Waals surface area contributed by atoms with E-state index in [-0.39, 0.29) is 0 Å². The van der Waals surface area contributed by atoms with E-state index in [1.807, 2.05) is 0 Å². The van der Waals surface area contributed by atoms with E-state index in [0.29, 0.717) is 12.1 Å². The fourth-order valence-corrected chi connectivity index (χ4v) is 4.91. The van der Waals surface area contributed by atoms with Gasteiger partial charge in [-0.3, -0.25) is 4.90 Å². The molecular formula is C18H28N2S. The number of rotatable bonds is 4. The van der Waals surface area contributed by atoms with Crippen LogP contribution in [0.2, 0.25) is 0 Å². The van der Waals surface area contributed by atoms with Crippen molar-refractivity contribution in [2.45, 2.75) is 49.9 Å². The third kappa shape index (κ3) is 4.02. The van der Waals surface area contributed by atoms with E-state index in [4.69, 9.17) is 0 Å². The predicted octanol–water partition coefficient (Wildman–Crippen LogP) is 3.70. The van der Waals surface area contributed by atoms with Crippen LogP contribution in [-0.2, 0) is 0 Å². The Balaban J connectivity index is 1.70. The average Bonchev–Trinajstić information content (AvgIpc) is 2.56. The molecule has 0 aromatic heterocycles. The molecule has 1 aromatic rings. The standard InChI is InChI=1S/C18H28N2S/c1-2-16-13-20(14-17-10-6-7-11-21-17)18(12-19-16)15-8-4-3-5-9-15/h3-5,8-9,16-19H,2,6-7,10-14H2,1H3. The van der Waals surface area contributed by atoms with Crippen molar-refractivity contribution in [3.05, 3.63) is 35.9 Å². The summed E-state index contributed by atoms with van der Waals surface area (Å²) in [5.41, 5.74) is 1.47. The molecule has 0 radical (unpaired) electrons. The second kappa shape index (κ2) is 7.66. The van der Waals surface area contributed by atoms with Crippen molar-refractivity contribution >= 4 is 11.8 Å². The molecule has 0 bridgehead atoms. The van der Waals surface area contributed by atoms with Gasteiger partial charge in [-0.1, -0.05) is 43.7 Å². The van der Waals surface area contributed by atoms with Crippen molar-refractivity contribution < 1.29 is 0 Å². The Labute approximate surface area is 133 Å². The molecule has 1 aromatic carbocycles. The number of piperazine rings is 1. The summed E-state index contributed by atoms with van der Waals surface area (Å²) in [6, 6.07) is 12.3. The zero-order valence-electron chi connectivity index (χ0n) is 13.1. The van der Waals surface area contributed by atoms with Crippen LogP contribution in [-0.4, -0.2) is 41.6 Å². The van der Waals surface area contributed by atoms with Crippen LogP contribution in [0.3, 0.4) is 0 Å². The minimum Gasteiger partial charge on any atom is -0.311 e. The van der Waals surface area contributed by atoms with Gasteiger partial charge in [0.1, 0.15) is 0 Å². The van der Waals surface area contributed by atoms with Crippen LogP contribution in [0.25, 0.3) is 0 Å². The van der Waals surface area contributed by atoms with Gasteiger partial charge in [0.15, 0.2) is 0 Å². The third-order valence-corrected chi connectivity index (χ3v) is 6.27. The summed E-state index contributed by atoms with van der Waals surface area (Å²) in [6.45, 7) is 5.86. The van der Waals surface area contributed by atoms with Crippen LogP contribution in [0.4, 0.5) is 0 Å². The summed E-state index contributed by atoms with van der Waals surface area (Å²) < 4.78 is 0. The highest BCUT2D eigenvalue weighted by molar-refractivity contribution is 7.99. The highest BCUT2D eigenvalue weighted by Crippen LogP contribution is 2.30. The minimum atomic E-state index is 0.552. The van der Waals surface area contributed by atoms with Crippen molar-refractivity contribution in [2.24, 2.45) is 0 Å². The maximum Gasteiger partial charge on any atom is 0.0473 e. The van der Waals surface area contributed by atoms with Gasteiger partial charge in [0, 0.05) is 37.0 Å². The maximum absolute atomic E-state index is 3.74. The molecule has 2 aliphatic rings. The molecule has 0 amide bonds. The number of hydrogen-bond donors (Lipinski definition) is 1. The van der Waals surface area contributed by atoms with Gasteiger partial charge < -0.3 is 5.32 Å². The van der Waals surface area contributed by atoms with Crippen LogP contribution in [0.1, 0.15) is 44.2 Å². The van der Waals surface area contributed by atoms with Gasteiger partial charge in [0.25, 0.3) is 0 Å². The Hall–Kier alpha value is -0.510. The average molecular weight is 305 g/mol. The van der Waals surface area contributed by atoms with Crippen molar-refractivity contribution in [1.29, 1.82) is 0 Å². The second-order valence-corrected chi connectivity index (χ2v) is 7.79. The minimum absolute atomic E-state index is 0.552. The van der Waals surface area contributed by atoms with Crippen molar-refractivity contribution in [3.8, 4) is 0 Å². The van der Waals surface area contributed by atoms with Gasteiger partial charge in [0.2, 0.25) is 0 Å². The lowest BCUT2D eigenvalue weighted by Crippen LogP contribution is -2.53. The van der Waals surface area contributed by atoms with Gasteiger partial charge in [-0.05, 0) is 30.6 Å². The first-order valence-corrected chi connectivity index (χ1v) is 9.55. The van der Waals surface area contributed by atoms with Crippen molar-refractivity contribution in [1.82, 2.24) is 10.2 Å². The Kier molecular flexibility index (Phi) is 5.61. The lowest BCUT2D eigenvalue weighted by Gasteiger charge is -2.42. The van der Waals surface area contributed by atoms with Gasteiger partial charge in [-0.25, -0.2) is 0 Å². The third-order valence-electron chi connectivity index (χ3n) is 4.88. The molecule has 3 rings (SSSR count). The Morgan fingerprint density at radius 1 is 1.24 bits per heavy atom. The van der Waals surface area contributed by atoms with E-state index in [2.05, 4.69) is 59.2 Å². The molecule has 0 spiro atoms. The summed E-state index contributed by atoms with van der Waals surface area (Å²) in [7, 11) is 0. The summed E-state index contributed by atoms with van der Waals surface area (Å²) in [5.74, 6) is 1.37. The van der Waals surface area contributed by atoms with Gasteiger partial charge in [-0.2, -0.15) is 11.8 Å². The van der Waals surface area contributed by atoms with Gasteiger partial charge in [0.05, 0.1) is 0 Å². The van der Waals surface area contributed by atoms with E-state index >= 15 is 0 Å². The van der Waals surface area contributed by atoms with Crippen LogP contribution in [0.15, 0.2) is 30.3 Å². The summed E-state index contributed by atoms with van der Waals surface area (Å²) in [4.78, 5) is 2.75. The largest absolute Gasteiger partial charge is 0.311 e. The molecule has 1 N–H and O–H groups in total. The zero-order chi connectivity index (χ0) is 14.5. The molecule has 2 fully saturated rings. The van der Waals surface area contributed by atoms with Crippen LogP contribution in [0.5, 0.6) is 0 Å². The topological polar surface area (TPSA) is 15.3 Å². The monoisotopic (exact) mass is 304 g/mol. The Bertz CT molecular complexity index is 416. The number of thioether (sulfide) groups is 1. The van der Waals surface area contributed by atoms with E-state index in [9.17, 15) is 0 Å². The molecule has 3 atom stereocenters. The quantitative estimate of drug-likeness (QED) is 0.913. The number of hydrogen-bond acceptors (Lipinski definition) is 3. The first-order valence-electron chi connectivity index (χ1n) is 8.50. The lowest BCUT2D eigenvalue weighted by atomic mass is 9.99. The SMILES string of the molecule is CCC1CN(CC2CCCCS2)C(c2ccccc2)CN1. The molecular weight excluding hydrogens is 276 g/mol. The van der Waals surface area contributed by atoms with Crippen LogP contribution < -0.4 is 5.32 Å². The lowest BCUT2D eigenvalue weighted by molar-refractivity contribution is 0.127. The summed E-state index contributed by atoms with van der Waals surface area (Å²) in [6.07, 6.45) is 5.49. The summed E-state index contributed by atoms with van der Waals surface area (Å²) in [5, 5.41) is 4.58. The Morgan fingerprint density at radius 3 is 2.81 bits per heavy atom. The number of nitrogens with zero attached hydrogens (tertiary/aromatic N) is 1. The maximum atomic E-state index is 3.74. The normalized spacial score (nSPS) is 31.2. The van der Waals surface area contributed by atoms with E-state index in [1.54, 1.807) is 0 Å². The molecule has 116 valence electrons. The van der Waals surface area contributed by atoms with Crippen molar-refractivity contribution in [3.63, 3.8) is 0 Å². The van der Waals surface area contributed by atoms with E-state index < -0.39 is 0 Å². The van der Waals surface area contributed by atoms with Crippen molar-refractivity contribution in [2.75, 3.05) is 25.4 Å². The molecule has 3 unspecified atom stereocenters. The molecule has 0 aliphatic carbocycles. The first-order chi connectivity index (χ1) is 10.4. The molecule has 2 aliphatic heterocycles. The van der Waals surface area contributed by atoms with Gasteiger partial charge in [-0.15, -0.1) is 0 Å². The van der Waals surface area contributed by atoms with Crippen LogP contribution >= 0.6 is 11.8 Å². The predicted molar refractivity (Wildman–Crippen MR) is 92.9 cm³/mol. The van der Waals surface area contributed by atoms with Gasteiger partial charge >= 0.3 is 0 Å². The fraction of sp³-hybridized carbons (Fsp3) is 0.667. The molecule has 2 heterocycles. The fourth-order valence-electron chi connectivity index (χ4n) is 3.57. The molecule has 3 heteroatoms. The zero-order valence-corrected chi connectivity index (χ0v) is 13.9. The molecule has 0 saturated carbocycles. The second-order valence-electron chi connectivity index (χ2n) is 6.38. The molecule has 2 nitrogen and oxygen atoms in total. The highest BCUT2D eigenvalue weighted by atomic mass is 32.2. The summed E-state index contributed by atoms with van der Waals surface area (Å²) >= 11 is 2.20. The first kappa shape index (κ1) is 15.4.